The van der Waals surface area contributed by atoms with Gasteiger partial charge in [0.1, 0.15) is 0 Å². The summed E-state index contributed by atoms with van der Waals surface area (Å²) in [6, 6.07) is 10.1. The lowest BCUT2D eigenvalue weighted by Crippen LogP contribution is -2.31. The topological polar surface area (TPSA) is 33.2 Å². The van der Waals surface area contributed by atoms with E-state index in [-0.39, 0.29) is 11.9 Å². The Balaban J connectivity index is 1.93. The number of amides is 1. The van der Waals surface area contributed by atoms with E-state index >= 15 is 0 Å². The Bertz CT molecular complexity index is 671. The maximum atomic E-state index is 12.8. The summed E-state index contributed by atoms with van der Waals surface area (Å²) in [7, 11) is 0. The molecule has 2 heterocycles. The second-order valence-electron chi connectivity index (χ2n) is 5.37. The van der Waals surface area contributed by atoms with Gasteiger partial charge in [-0.05, 0) is 37.0 Å². The van der Waals surface area contributed by atoms with E-state index in [0.29, 0.717) is 10.6 Å². The van der Waals surface area contributed by atoms with E-state index in [1.54, 1.807) is 12.3 Å². The van der Waals surface area contributed by atoms with Crippen LogP contribution in [0.2, 0.25) is 5.02 Å². The van der Waals surface area contributed by atoms with E-state index in [2.05, 4.69) is 24.0 Å². The van der Waals surface area contributed by atoms with E-state index in [1.165, 1.54) is 17.3 Å². The summed E-state index contributed by atoms with van der Waals surface area (Å²) in [6.07, 6.45) is 5.15. The Hall–Kier alpha value is -1.87. The Labute approximate surface area is 129 Å². The highest BCUT2D eigenvalue weighted by atomic mass is 35.5. The molecule has 0 spiro atoms. The fourth-order valence-corrected chi connectivity index (χ4v) is 3.20. The summed E-state index contributed by atoms with van der Waals surface area (Å²) >= 11 is 6.11. The van der Waals surface area contributed by atoms with Gasteiger partial charge in [-0.1, -0.05) is 35.9 Å². The second-order valence-corrected chi connectivity index (χ2v) is 5.78. The molecule has 1 aliphatic heterocycles. The third kappa shape index (κ3) is 2.66. The summed E-state index contributed by atoms with van der Waals surface area (Å²) in [4.78, 5) is 18.7. The van der Waals surface area contributed by atoms with Crippen LogP contribution in [0.3, 0.4) is 0 Å². The molecule has 0 bridgehead atoms. The third-order valence-corrected chi connectivity index (χ3v) is 4.37. The van der Waals surface area contributed by atoms with E-state index < -0.39 is 0 Å². The summed E-state index contributed by atoms with van der Waals surface area (Å²) in [5, 5.41) is 0.415. The van der Waals surface area contributed by atoms with Crippen molar-refractivity contribution >= 4 is 17.5 Å². The van der Waals surface area contributed by atoms with Crippen molar-refractivity contribution in [2.75, 3.05) is 6.54 Å². The lowest BCUT2D eigenvalue weighted by molar-refractivity contribution is 0.0735. The first-order valence-electron chi connectivity index (χ1n) is 7.14. The van der Waals surface area contributed by atoms with Crippen LogP contribution in [0, 0.1) is 6.92 Å². The molecule has 1 saturated heterocycles. The van der Waals surface area contributed by atoms with Crippen molar-refractivity contribution in [3.05, 3.63) is 64.4 Å². The molecule has 1 amide bonds. The molecule has 3 rings (SSSR count). The zero-order valence-corrected chi connectivity index (χ0v) is 12.7. The SMILES string of the molecule is Cc1ccccc1C1CCCN1C(=O)c1ccncc1Cl. The Morgan fingerprint density at radius 1 is 1.33 bits per heavy atom. The number of nitrogens with zero attached hydrogens (tertiary/aromatic N) is 2. The molecule has 4 heteroatoms. The van der Waals surface area contributed by atoms with Crippen LogP contribution in [-0.2, 0) is 0 Å². The summed E-state index contributed by atoms with van der Waals surface area (Å²) in [6.45, 7) is 2.87. The van der Waals surface area contributed by atoms with Gasteiger partial charge in [0.2, 0.25) is 0 Å². The molecule has 1 aliphatic rings. The number of halogens is 1. The number of hydrogen-bond donors (Lipinski definition) is 0. The lowest BCUT2D eigenvalue weighted by atomic mass is 9.99. The first kappa shape index (κ1) is 14.1. The molecule has 108 valence electrons. The number of pyridine rings is 1. The Morgan fingerprint density at radius 3 is 2.90 bits per heavy atom. The average molecular weight is 301 g/mol. The minimum absolute atomic E-state index is 0.00634. The normalized spacial score (nSPS) is 18.0. The zero-order valence-electron chi connectivity index (χ0n) is 11.9. The maximum Gasteiger partial charge on any atom is 0.255 e. The van der Waals surface area contributed by atoms with Gasteiger partial charge in [-0.25, -0.2) is 0 Å². The van der Waals surface area contributed by atoms with Crippen molar-refractivity contribution in [3.63, 3.8) is 0 Å². The van der Waals surface area contributed by atoms with Gasteiger partial charge in [0.25, 0.3) is 5.91 Å². The Morgan fingerprint density at radius 2 is 2.14 bits per heavy atom. The zero-order chi connectivity index (χ0) is 14.8. The van der Waals surface area contributed by atoms with Crippen molar-refractivity contribution in [2.45, 2.75) is 25.8 Å². The molecule has 0 N–H and O–H groups in total. The number of aromatic nitrogens is 1. The minimum atomic E-state index is -0.00634. The molecular weight excluding hydrogens is 284 g/mol. The number of benzene rings is 1. The van der Waals surface area contributed by atoms with Crippen LogP contribution >= 0.6 is 11.6 Å². The fraction of sp³-hybridized carbons (Fsp3) is 0.294. The monoisotopic (exact) mass is 300 g/mol. The summed E-state index contributed by atoms with van der Waals surface area (Å²) in [5.41, 5.74) is 2.99. The van der Waals surface area contributed by atoms with E-state index in [0.717, 1.165) is 19.4 Å². The molecule has 0 saturated carbocycles. The van der Waals surface area contributed by atoms with Gasteiger partial charge in [0, 0.05) is 18.9 Å². The Kier molecular flexibility index (Phi) is 3.93. The molecule has 1 aromatic heterocycles. The number of hydrogen-bond acceptors (Lipinski definition) is 2. The second kappa shape index (κ2) is 5.86. The van der Waals surface area contributed by atoms with Crippen molar-refractivity contribution in [2.24, 2.45) is 0 Å². The fourth-order valence-electron chi connectivity index (χ4n) is 3.00. The highest BCUT2D eigenvalue weighted by Gasteiger charge is 2.32. The highest BCUT2D eigenvalue weighted by molar-refractivity contribution is 6.33. The van der Waals surface area contributed by atoms with Gasteiger partial charge in [-0.2, -0.15) is 0 Å². The van der Waals surface area contributed by atoms with E-state index in [4.69, 9.17) is 11.6 Å². The van der Waals surface area contributed by atoms with Gasteiger partial charge >= 0.3 is 0 Å². The van der Waals surface area contributed by atoms with Crippen LogP contribution in [-0.4, -0.2) is 22.3 Å². The van der Waals surface area contributed by atoms with Crippen LogP contribution in [0.1, 0.15) is 40.4 Å². The number of carbonyl (C=O) groups excluding carboxylic acids is 1. The maximum absolute atomic E-state index is 12.8. The molecule has 0 aliphatic carbocycles. The van der Waals surface area contributed by atoms with Crippen molar-refractivity contribution in [1.29, 1.82) is 0 Å². The van der Waals surface area contributed by atoms with Gasteiger partial charge in [-0.3, -0.25) is 9.78 Å². The largest absolute Gasteiger partial charge is 0.332 e. The predicted molar refractivity (Wildman–Crippen MR) is 83.4 cm³/mol. The molecule has 1 unspecified atom stereocenters. The minimum Gasteiger partial charge on any atom is -0.332 e. The van der Waals surface area contributed by atoms with E-state index in [9.17, 15) is 4.79 Å². The van der Waals surface area contributed by atoms with Crippen LogP contribution < -0.4 is 0 Å². The molecule has 1 aromatic carbocycles. The standard InChI is InChI=1S/C17H17ClN2O/c1-12-5-2-3-6-13(12)16-7-4-10-20(16)17(21)14-8-9-19-11-15(14)18/h2-3,5-6,8-9,11,16H,4,7,10H2,1H3. The molecule has 1 fully saturated rings. The number of likely N-dealkylation sites (tertiary alicyclic amines) is 1. The third-order valence-electron chi connectivity index (χ3n) is 4.06. The molecule has 2 aromatic rings. The number of rotatable bonds is 2. The van der Waals surface area contributed by atoms with Crippen molar-refractivity contribution in [1.82, 2.24) is 9.88 Å². The van der Waals surface area contributed by atoms with Gasteiger partial charge in [0.05, 0.1) is 16.6 Å². The summed E-state index contributed by atoms with van der Waals surface area (Å²) in [5.74, 6) is -0.00634. The molecular formula is C17H17ClN2O. The van der Waals surface area contributed by atoms with E-state index in [1.807, 2.05) is 17.0 Å². The predicted octanol–water partition coefficient (Wildman–Crippen LogP) is 4.02. The van der Waals surface area contributed by atoms with Crippen LogP contribution in [0.25, 0.3) is 0 Å². The van der Waals surface area contributed by atoms with Gasteiger partial charge < -0.3 is 4.90 Å². The summed E-state index contributed by atoms with van der Waals surface area (Å²) < 4.78 is 0. The number of aryl methyl sites for hydroxylation is 1. The van der Waals surface area contributed by atoms with Crippen LogP contribution in [0.4, 0.5) is 0 Å². The quantitative estimate of drug-likeness (QED) is 0.839. The molecule has 1 atom stereocenters. The van der Waals surface area contributed by atoms with Crippen LogP contribution in [0.15, 0.2) is 42.7 Å². The van der Waals surface area contributed by atoms with Crippen molar-refractivity contribution < 1.29 is 4.79 Å². The highest BCUT2D eigenvalue weighted by Crippen LogP contribution is 2.35. The molecule has 3 nitrogen and oxygen atoms in total. The van der Waals surface area contributed by atoms with Crippen LogP contribution in [0.5, 0.6) is 0 Å². The first-order valence-corrected chi connectivity index (χ1v) is 7.52. The average Bonchev–Trinajstić information content (AvgIpc) is 2.97. The molecule has 21 heavy (non-hydrogen) atoms. The van der Waals surface area contributed by atoms with Gasteiger partial charge in [-0.15, -0.1) is 0 Å². The first-order chi connectivity index (χ1) is 10.2. The molecule has 0 radical (unpaired) electrons. The smallest absolute Gasteiger partial charge is 0.255 e. The van der Waals surface area contributed by atoms with Gasteiger partial charge in [0.15, 0.2) is 0 Å². The number of carbonyl (C=O) groups is 1. The van der Waals surface area contributed by atoms with Crippen molar-refractivity contribution in [3.8, 4) is 0 Å². The lowest BCUT2D eigenvalue weighted by Gasteiger charge is -2.26.